The van der Waals surface area contributed by atoms with Crippen molar-refractivity contribution < 1.29 is 4.79 Å². The van der Waals surface area contributed by atoms with Gasteiger partial charge in [0.1, 0.15) is 0 Å². The first-order valence-corrected chi connectivity index (χ1v) is 6.41. The average Bonchev–Trinajstić information content (AvgIpc) is 2.20. The van der Waals surface area contributed by atoms with Gasteiger partial charge in [-0.25, -0.2) is 0 Å². The van der Waals surface area contributed by atoms with Gasteiger partial charge in [0.25, 0.3) is 0 Å². The van der Waals surface area contributed by atoms with Crippen LogP contribution in [0, 0.1) is 0 Å². The Morgan fingerprint density at radius 3 is 2.50 bits per heavy atom. The standard InChI is InChI=1S/C13H18BrNO/c1-10(2)15-13(16)5-3-4-11-6-8-12(14)9-7-11/h6-10H,3-5H2,1-2H3,(H,15,16). The predicted octanol–water partition coefficient (Wildman–Crippen LogP) is 3.30. The number of benzene rings is 1. The molecule has 16 heavy (non-hydrogen) atoms. The number of amides is 1. The molecular formula is C13H18BrNO. The first-order valence-electron chi connectivity index (χ1n) is 5.61. The molecular weight excluding hydrogens is 266 g/mol. The second kappa shape index (κ2) is 6.69. The molecule has 0 atom stereocenters. The summed E-state index contributed by atoms with van der Waals surface area (Å²) < 4.78 is 1.09. The summed E-state index contributed by atoms with van der Waals surface area (Å²) >= 11 is 3.40. The minimum Gasteiger partial charge on any atom is -0.354 e. The van der Waals surface area contributed by atoms with Crippen LogP contribution in [-0.2, 0) is 11.2 Å². The van der Waals surface area contributed by atoms with Crippen LogP contribution in [-0.4, -0.2) is 11.9 Å². The van der Waals surface area contributed by atoms with Crippen molar-refractivity contribution in [3.63, 3.8) is 0 Å². The van der Waals surface area contributed by atoms with E-state index in [-0.39, 0.29) is 11.9 Å². The largest absolute Gasteiger partial charge is 0.354 e. The van der Waals surface area contributed by atoms with Crippen molar-refractivity contribution >= 4 is 21.8 Å². The first-order chi connectivity index (χ1) is 7.58. The topological polar surface area (TPSA) is 29.1 Å². The molecule has 0 aliphatic carbocycles. The summed E-state index contributed by atoms with van der Waals surface area (Å²) in [6.45, 7) is 3.96. The molecule has 2 nitrogen and oxygen atoms in total. The number of aryl methyl sites for hydroxylation is 1. The van der Waals surface area contributed by atoms with Crippen molar-refractivity contribution in [1.82, 2.24) is 5.32 Å². The lowest BCUT2D eigenvalue weighted by atomic mass is 10.1. The molecule has 0 saturated carbocycles. The maximum atomic E-state index is 11.4. The number of hydrogen-bond acceptors (Lipinski definition) is 1. The summed E-state index contributed by atoms with van der Waals surface area (Å²) in [5, 5.41) is 2.89. The van der Waals surface area contributed by atoms with E-state index in [4.69, 9.17) is 0 Å². The summed E-state index contributed by atoms with van der Waals surface area (Å²) in [5.41, 5.74) is 1.28. The maximum absolute atomic E-state index is 11.4. The average molecular weight is 284 g/mol. The molecule has 3 heteroatoms. The quantitative estimate of drug-likeness (QED) is 0.883. The molecule has 88 valence electrons. The SMILES string of the molecule is CC(C)NC(=O)CCCc1ccc(Br)cc1. The molecule has 0 saturated heterocycles. The van der Waals surface area contributed by atoms with Crippen molar-refractivity contribution in [3.8, 4) is 0 Å². The molecule has 1 amide bonds. The molecule has 0 bridgehead atoms. The van der Waals surface area contributed by atoms with Crippen LogP contribution in [0.15, 0.2) is 28.7 Å². The normalized spacial score (nSPS) is 10.5. The van der Waals surface area contributed by atoms with Gasteiger partial charge in [0, 0.05) is 16.9 Å². The third kappa shape index (κ3) is 5.31. The zero-order valence-electron chi connectivity index (χ0n) is 9.79. The summed E-state index contributed by atoms with van der Waals surface area (Å²) in [6, 6.07) is 8.47. The molecule has 0 unspecified atom stereocenters. The Balaban J connectivity index is 2.25. The van der Waals surface area contributed by atoms with E-state index in [1.54, 1.807) is 0 Å². The zero-order chi connectivity index (χ0) is 12.0. The maximum Gasteiger partial charge on any atom is 0.220 e. The zero-order valence-corrected chi connectivity index (χ0v) is 11.4. The van der Waals surface area contributed by atoms with Gasteiger partial charge in [-0.15, -0.1) is 0 Å². The Morgan fingerprint density at radius 2 is 1.94 bits per heavy atom. The van der Waals surface area contributed by atoms with E-state index in [0.717, 1.165) is 17.3 Å². The fourth-order valence-corrected chi connectivity index (χ4v) is 1.76. The van der Waals surface area contributed by atoms with Crippen molar-refractivity contribution in [2.45, 2.75) is 39.2 Å². The minimum atomic E-state index is 0.145. The van der Waals surface area contributed by atoms with Crippen LogP contribution in [0.3, 0.4) is 0 Å². The Hall–Kier alpha value is -0.830. The molecule has 0 heterocycles. The lowest BCUT2D eigenvalue weighted by Crippen LogP contribution is -2.29. The van der Waals surface area contributed by atoms with Crippen LogP contribution >= 0.6 is 15.9 Å². The van der Waals surface area contributed by atoms with E-state index in [0.29, 0.717) is 6.42 Å². The Kier molecular flexibility index (Phi) is 5.53. The molecule has 1 aromatic rings. The third-order valence-corrected chi connectivity index (χ3v) is 2.76. The smallest absolute Gasteiger partial charge is 0.220 e. The fourth-order valence-electron chi connectivity index (χ4n) is 1.50. The minimum absolute atomic E-state index is 0.145. The highest BCUT2D eigenvalue weighted by Gasteiger charge is 2.02. The van der Waals surface area contributed by atoms with E-state index in [1.165, 1.54) is 5.56 Å². The van der Waals surface area contributed by atoms with Gasteiger partial charge in [-0.2, -0.15) is 0 Å². The molecule has 0 aliphatic rings. The number of hydrogen-bond donors (Lipinski definition) is 1. The van der Waals surface area contributed by atoms with Crippen LogP contribution in [0.25, 0.3) is 0 Å². The highest BCUT2D eigenvalue weighted by Crippen LogP contribution is 2.12. The van der Waals surface area contributed by atoms with Crippen LogP contribution in [0.4, 0.5) is 0 Å². The second-order valence-corrected chi connectivity index (χ2v) is 5.12. The number of carbonyl (C=O) groups is 1. The molecule has 0 radical (unpaired) electrons. The predicted molar refractivity (Wildman–Crippen MR) is 70.4 cm³/mol. The molecule has 0 fully saturated rings. The van der Waals surface area contributed by atoms with Gasteiger partial charge in [-0.05, 0) is 44.4 Å². The molecule has 0 spiro atoms. The highest BCUT2D eigenvalue weighted by atomic mass is 79.9. The third-order valence-electron chi connectivity index (χ3n) is 2.23. The van der Waals surface area contributed by atoms with Crippen LogP contribution < -0.4 is 5.32 Å². The summed E-state index contributed by atoms with van der Waals surface area (Å²) in [6.07, 6.45) is 2.47. The number of carbonyl (C=O) groups excluding carboxylic acids is 1. The van der Waals surface area contributed by atoms with Gasteiger partial charge < -0.3 is 5.32 Å². The Morgan fingerprint density at radius 1 is 1.31 bits per heavy atom. The summed E-state index contributed by atoms with van der Waals surface area (Å²) in [7, 11) is 0. The summed E-state index contributed by atoms with van der Waals surface area (Å²) in [5.74, 6) is 0.145. The summed E-state index contributed by atoms with van der Waals surface area (Å²) in [4.78, 5) is 11.4. The lowest BCUT2D eigenvalue weighted by molar-refractivity contribution is -0.121. The van der Waals surface area contributed by atoms with Crippen molar-refractivity contribution in [2.24, 2.45) is 0 Å². The molecule has 1 N–H and O–H groups in total. The van der Waals surface area contributed by atoms with Crippen LogP contribution in [0.5, 0.6) is 0 Å². The van der Waals surface area contributed by atoms with Gasteiger partial charge in [0.2, 0.25) is 5.91 Å². The second-order valence-electron chi connectivity index (χ2n) is 4.20. The first kappa shape index (κ1) is 13.2. The Bertz CT molecular complexity index is 332. The van der Waals surface area contributed by atoms with Gasteiger partial charge in [-0.3, -0.25) is 4.79 Å². The van der Waals surface area contributed by atoms with E-state index < -0.39 is 0 Å². The van der Waals surface area contributed by atoms with Gasteiger partial charge in [0.05, 0.1) is 0 Å². The molecule has 0 aliphatic heterocycles. The van der Waals surface area contributed by atoms with Crippen molar-refractivity contribution in [2.75, 3.05) is 0 Å². The number of rotatable bonds is 5. The van der Waals surface area contributed by atoms with Gasteiger partial charge in [-0.1, -0.05) is 28.1 Å². The molecule has 1 aromatic carbocycles. The van der Waals surface area contributed by atoms with Crippen LogP contribution in [0.2, 0.25) is 0 Å². The van der Waals surface area contributed by atoms with Crippen molar-refractivity contribution in [3.05, 3.63) is 34.3 Å². The Labute approximate surface area is 106 Å². The number of nitrogens with one attached hydrogen (secondary N) is 1. The highest BCUT2D eigenvalue weighted by molar-refractivity contribution is 9.10. The van der Waals surface area contributed by atoms with Crippen LogP contribution in [0.1, 0.15) is 32.3 Å². The molecule has 1 rings (SSSR count). The van der Waals surface area contributed by atoms with E-state index >= 15 is 0 Å². The van der Waals surface area contributed by atoms with E-state index in [1.807, 2.05) is 26.0 Å². The lowest BCUT2D eigenvalue weighted by Gasteiger charge is -2.07. The monoisotopic (exact) mass is 283 g/mol. The van der Waals surface area contributed by atoms with E-state index in [9.17, 15) is 4.79 Å². The number of halogens is 1. The van der Waals surface area contributed by atoms with E-state index in [2.05, 4.69) is 33.4 Å². The van der Waals surface area contributed by atoms with Gasteiger partial charge in [0.15, 0.2) is 0 Å². The fraction of sp³-hybridized carbons (Fsp3) is 0.462. The molecule has 0 aromatic heterocycles. The van der Waals surface area contributed by atoms with Gasteiger partial charge >= 0.3 is 0 Å². The van der Waals surface area contributed by atoms with Crippen molar-refractivity contribution in [1.29, 1.82) is 0 Å².